The van der Waals surface area contributed by atoms with Gasteiger partial charge in [0.1, 0.15) is 17.3 Å². The second kappa shape index (κ2) is 4.79. The molecule has 4 N–H and O–H groups in total. The average molecular weight is 246 g/mol. The van der Waals surface area contributed by atoms with Crippen LogP contribution in [0.3, 0.4) is 0 Å². The van der Waals surface area contributed by atoms with E-state index in [1.165, 1.54) is 11.0 Å². The van der Waals surface area contributed by atoms with Gasteiger partial charge >= 0.3 is 0 Å². The number of anilines is 1. The molecule has 2 rings (SSSR count). The molecule has 0 unspecified atom stereocenters. The van der Waals surface area contributed by atoms with Gasteiger partial charge in [0.05, 0.1) is 0 Å². The highest BCUT2D eigenvalue weighted by Crippen LogP contribution is 2.13. The van der Waals surface area contributed by atoms with E-state index in [2.05, 4.69) is 10.2 Å². The van der Waals surface area contributed by atoms with Gasteiger partial charge in [-0.25, -0.2) is 0 Å². The minimum absolute atomic E-state index is 0.180. The van der Waals surface area contributed by atoms with E-state index in [-0.39, 0.29) is 17.5 Å². The summed E-state index contributed by atoms with van der Waals surface area (Å²) in [5.41, 5.74) is 6.63. The summed E-state index contributed by atoms with van der Waals surface area (Å²) in [5.74, 6) is 0.255. The number of hydrogen-bond donors (Lipinski definition) is 3. The first-order valence-corrected chi connectivity index (χ1v) is 5.40. The highest BCUT2D eigenvalue weighted by atomic mass is 16.3. The van der Waals surface area contributed by atoms with Crippen molar-refractivity contribution in [1.82, 2.24) is 15.1 Å². The van der Waals surface area contributed by atoms with Gasteiger partial charge < -0.3 is 15.7 Å². The molecular formula is C12H14N4O2. The number of hydrogen-bond acceptors (Lipinski definition) is 4. The summed E-state index contributed by atoms with van der Waals surface area (Å²) in [4.78, 5) is 13.5. The van der Waals surface area contributed by atoms with E-state index in [1.807, 2.05) is 6.07 Å². The van der Waals surface area contributed by atoms with Gasteiger partial charge in [0.15, 0.2) is 0 Å². The van der Waals surface area contributed by atoms with Gasteiger partial charge in [-0.3, -0.25) is 9.89 Å². The van der Waals surface area contributed by atoms with Crippen LogP contribution in [-0.4, -0.2) is 33.2 Å². The van der Waals surface area contributed by atoms with Crippen molar-refractivity contribution in [3.05, 3.63) is 41.6 Å². The lowest BCUT2D eigenvalue weighted by atomic mass is 10.2. The maximum atomic E-state index is 12.0. The van der Waals surface area contributed by atoms with E-state index < -0.39 is 0 Å². The number of H-pyrrole nitrogens is 1. The Morgan fingerprint density at radius 2 is 2.28 bits per heavy atom. The standard InChI is InChI=1S/C12H14N4O2/c1-16(7-8-3-2-4-9(17)5-8)12(18)10-6-11(13)15-14-10/h2-6,17H,7H2,1H3,(H3,13,14,15). The number of phenolic OH excluding ortho intramolecular Hbond substituents is 1. The summed E-state index contributed by atoms with van der Waals surface area (Å²) in [5, 5.41) is 15.6. The molecule has 0 bridgehead atoms. The normalized spacial score (nSPS) is 10.3. The number of rotatable bonds is 3. The number of nitrogens with zero attached hydrogens (tertiary/aromatic N) is 2. The van der Waals surface area contributed by atoms with Crippen LogP contribution >= 0.6 is 0 Å². The summed E-state index contributed by atoms with van der Waals surface area (Å²) in [7, 11) is 1.67. The Hall–Kier alpha value is -2.50. The number of nitrogens with two attached hydrogens (primary N) is 1. The summed E-state index contributed by atoms with van der Waals surface area (Å²) in [6.45, 7) is 0.395. The number of aromatic nitrogens is 2. The monoisotopic (exact) mass is 246 g/mol. The van der Waals surface area contributed by atoms with Crippen molar-refractivity contribution in [2.75, 3.05) is 12.8 Å². The van der Waals surface area contributed by atoms with Gasteiger partial charge in [-0.1, -0.05) is 12.1 Å². The van der Waals surface area contributed by atoms with Crippen molar-refractivity contribution in [1.29, 1.82) is 0 Å². The smallest absolute Gasteiger partial charge is 0.271 e. The molecule has 0 saturated carbocycles. The Labute approximate surface area is 104 Å². The molecule has 6 nitrogen and oxygen atoms in total. The Morgan fingerprint density at radius 3 is 2.89 bits per heavy atom. The summed E-state index contributed by atoms with van der Waals surface area (Å²) < 4.78 is 0. The maximum Gasteiger partial charge on any atom is 0.271 e. The van der Waals surface area contributed by atoms with Crippen molar-refractivity contribution >= 4 is 11.7 Å². The summed E-state index contributed by atoms with van der Waals surface area (Å²) in [6, 6.07) is 8.26. The lowest BCUT2D eigenvalue weighted by Crippen LogP contribution is -2.26. The Morgan fingerprint density at radius 1 is 1.50 bits per heavy atom. The number of benzene rings is 1. The number of nitrogens with one attached hydrogen (secondary N) is 1. The molecule has 1 amide bonds. The van der Waals surface area contributed by atoms with Crippen molar-refractivity contribution in [3.63, 3.8) is 0 Å². The van der Waals surface area contributed by atoms with E-state index >= 15 is 0 Å². The molecule has 1 aromatic carbocycles. The molecule has 1 heterocycles. The molecule has 2 aromatic rings. The lowest BCUT2D eigenvalue weighted by Gasteiger charge is -2.16. The zero-order valence-corrected chi connectivity index (χ0v) is 9.92. The van der Waals surface area contributed by atoms with E-state index in [0.717, 1.165) is 5.56 Å². The molecule has 18 heavy (non-hydrogen) atoms. The largest absolute Gasteiger partial charge is 0.508 e. The van der Waals surface area contributed by atoms with Gasteiger partial charge in [0, 0.05) is 19.7 Å². The molecule has 0 spiro atoms. The third kappa shape index (κ3) is 2.60. The van der Waals surface area contributed by atoms with Gasteiger partial charge in [-0.05, 0) is 17.7 Å². The van der Waals surface area contributed by atoms with Crippen LogP contribution in [0.5, 0.6) is 5.75 Å². The summed E-state index contributed by atoms with van der Waals surface area (Å²) in [6.07, 6.45) is 0. The first kappa shape index (κ1) is 12.0. The van der Waals surface area contributed by atoms with Gasteiger partial charge in [0.2, 0.25) is 0 Å². The van der Waals surface area contributed by atoms with Gasteiger partial charge in [0.25, 0.3) is 5.91 Å². The molecule has 0 aliphatic rings. The first-order valence-electron chi connectivity index (χ1n) is 5.40. The van der Waals surface area contributed by atoms with E-state index in [4.69, 9.17) is 5.73 Å². The van der Waals surface area contributed by atoms with Crippen LogP contribution in [0.25, 0.3) is 0 Å². The van der Waals surface area contributed by atoms with Crippen LogP contribution in [0.1, 0.15) is 16.1 Å². The van der Waals surface area contributed by atoms with Crippen LogP contribution < -0.4 is 5.73 Å². The fraction of sp³-hybridized carbons (Fsp3) is 0.167. The van der Waals surface area contributed by atoms with Crippen molar-refractivity contribution in [2.24, 2.45) is 0 Å². The zero-order valence-electron chi connectivity index (χ0n) is 9.92. The minimum Gasteiger partial charge on any atom is -0.508 e. The predicted molar refractivity (Wildman–Crippen MR) is 66.9 cm³/mol. The lowest BCUT2D eigenvalue weighted by molar-refractivity contribution is 0.0779. The molecule has 0 fully saturated rings. The Balaban J connectivity index is 2.08. The molecule has 0 aliphatic heterocycles. The number of carbonyl (C=O) groups excluding carboxylic acids is 1. The molecule has 0 radical (unpaired) electrons. The number of carbonyl (C=O) groups is 1. The number of aromatic amines is 1. The Bertz CT molecular complexity index is 565. The SMILES string of the molecule is CN(Cc1cccc(O)c1)C(=O)c1cc(N)n[nH]1. The van der Waals surface area contributed by atoms with E-state index in [1.54, 1.807) is 25.2 Å². The number of aromatic hydroxyl groups is 1. The highest BCUT2D eigenvalue weighted by molar-refractivity contribution is 5.92. The van der Waals surface area contributed by atoms with Gasteiger partial charge in [-0.15, -0.1) is 0 Å². The van der Waals surface area contributed by atoms with Crippen molar-refractivity contribution in [2.45, 2.75) is 6.54 Å². The minimum atomic E-state index is -0.206. The van der Waals surface area contributed by atoms with Crippen LogP contribution in [0.2, 0.25) is 0 Å². The highest BCUT2D eigenvalue weighted by Gasteiger charge is 2.14. The number of amides is 1. The third-order valence-corrected chi connectivity index (χ3v) is 2.51. The van der Waals surface area contributed by atoms with E-state index in [0.29, 0.717) is 12.2 Å². The van der Waals surface area contributed by atoms with Crippen molar-refractivity contribution in [3.8, 4) is 5.75 Å². The molecule has 0 saturated heterocycles. The molecule has 6 heteroatoms. The molecule has 0 aliphatic carbocycles. The predicted octanol–water partition coefficient (Wildman–Crippen LogP) is 0.970. The average Bonchev–Trinajstić information content (AvgIpc) is 2.75. The van der Waals surface area contributed by atoms with Crippen LogP contribution in [0.15, 0.2) is 30.3 Å². The third-order valence-electron chi connectivity index (χ3n) is 2.51. The first-order chi connectivity index (χ1) is 8.56. The fourth-order valence-corrected chi connectivity index (χ4v) is 1.65. The number of phenols is 1. The zero-order chi connectivity index (χ0) is 13.1. The Kier molecular flexibility index (Phi) is 3.18. The molecular weight excluding hydrogens is 232 g/mol. The second-order valence-corrected chi connectivity index (χ2v) is 4.04. The summed E-state index contributed by atoms with van der Waals surface area (Å²) >= 11 is 0. The van der Waals surface area contributed by atoms with E-state index in [9.17, 15) is 9.90 Å². The topological polar surface area (TPSA) is 95.2 Å². The van der Waals surface area contributed by atoms with Crippen LogP contribution in [-0.2, 0) is 6.54 Å². The maximum absolute atomic E-state index is 12.0. The van der Waals surface area contributed by atoms with Gasteiger partial charge in [-0.2, -0.15) is 5.10 Å². The van der Waals surface area contributed by atoms with Crippen LogP contribution in [0.4, 0.5) is 5.82 Å². The molecule has 94 valence electrons. The van der Waals surface area contributed by atoms with Crippen LogP contribution in [0, 0.1) is 0 Å². The fourth-order valence-electron chi connectivity index (χ4n) is 1.65. The second-order valence-electron chi connectivity index (χ2n) is 4.04. The molecule has 0 atom stereocenters. The number of nitrogen functional groups attached to an aromatic ring is 1. The van der Waals surface area contributed by atoms with Crippen molar-refractivity contribution < 1.29 is 9.90 Å². The quantitative estimate of drug-likeness (QED) is 0.752. The molecule has 1 aromatic heterocycles.